The largest absolute Gasteiger partial charge is 0.357 e. The molecule has 2 rings (SSSR count). The van der Waals surface area contributed by atoms with E-state index >= 15 is 0 Å². The summed E-state index contributed by atoms with van der Waals surface area (Å²) in [6.45, 7) is 9.82. The molecule has 1 aliphatic heterocycles. The number of amides is 1. The quantitative estimate of drug-likeness (QED) is 0.798. The Kier molecular flexibility index (Phi) is 4.45. The van der Waals surface area contributed by atoms with Crippen LogP contribution >= 0.6 is 0 Å². The van der Waals surface area contributed by atoms with E-state index in [0.717, 1.165) is 25.9 Å². The number of hydrogen-bond donors (Lipinski definition) is 0. The van der Waals surface area contributed by atoms with E-state index in [0.29, 0.717) is 5.92 Å². The molecule has 0 aromatic heterocycles. The first-order valence-electron chi connectivity index (χ1n) is 7.99. The Morgan fingerprint density at radius 2 is 1.85 bits per heavy atom. The van der Waals surface area contributed by atoms with Crippen LogP contribution in [0.15, 0.2) is 0 Å². The molecule has 2 fully saturated rings. The number of hydrazine groups is 1. The molecule has 1 amide bonds. The lowest BCUT2D eigenvalue weighted by atomic mass is 9.82. The standard InChI is InChI=1S/C16H30N2O2/c1-13(2)11-17(5)18-12-16(9-7-6-8-10-16)20-15(3,4)14(18)19/h13H,6-12H2,1-5H3. The Labute approximate surface area is 123 Å². The fourth-order valence-electron chi connectivity index (χ4n) is 3.63. The predicted molar refractivity (Wildman–Crippen MR) is 80.2 cm³/mol. The van der Waals surface area contributed by atoms with E-state index in [1.54, 1.807) is 0 Å². The van der Waals surface area contributed by atoms with Gasteiger partial charge in [-0.15, -0.1) is 0 Å². The van der Waals surface area contributed by atoms with E-state index in [-0.39, 0.29) is 11.5 Å². The maximum Gasteiger partial charge on any atom is 0.268 e. The van der Waals surface area contributed by atoms with Gasteiger partial charge in [-0.3, -0.25) is 9.80 Å². The maximum absolute atomic E-state index is 12.7. The maximum atomic E-state index is 12.7. The summed E-state index contributed by atoms with van der Waals surface area (Å²) >= 11 is 0. The molecule has 0 bridgehead atoms. The van der Waals surface area contributed by atoms with Gasteiger partial charge in [0, 0.05) is 13.6 Å². The van der Waals surface area contributed by atoms with E-state index in [1.165, 1.54) is 19.3 Å². The molecule has 0 aromatic carbocycles. The molecule has 1 heterocycles. The first kappa shape index (κ1) is 15.8. The second-order valence-corrected chi connectivity index (χ2v) is 7.45. The van der Waals surface area contributed by atoms with Crippen LogP contribution in [0.3, 0.4) is 0 Å². The molecule has 0 unspecified atom stereocenters. The van der Waals surface area contributed by atoms with Gasteiger partial charge in [-0.1, -0.05) is 33.1 Å². The van der Waals surface area contributed by atoms with Crippen LogP contribution in [0.25, 0.3) is 0 Å². The molecule has 1 aliphatic carbocycles. The van der Waals surface area contributed by atoms with Gasteiger partial charge in [-0.2, -0.15) is 0 Å². The summed E-state index contributed by atoms with van der Waals surface area (Å²) in [6, 6.07) is 0. The highest BCUT2D eigenvalue weighted by molar-refractivity contribution is 5.84. The lowest BCUT2D eigenvalue weighted by Crippen LogP contribution is -2.66. The van der Waals surface area contributed by atoms with Crippen molar-refractivity contribution in [2.24, 2.45) is 5.92 Å². The van der Waals surface area contributed by atoms with Crippen molar-refractivity contribution < 1.29 is 9.53 Å². The molecule has 4 heteroatoms. The minimum Gasteiger partial charge on any atom is -0.357 e. The van der Waals surface area contributed by atoms with Crippen molar-refractivity contribution >= 4 is 5.91 Å². The highest BCUT2D eigenvalue weighted by atomic mass is 16.5. The predicted octanol–water partition coefficient (Wildman–Crippen LogP) is 2.83. The molecule has 2 aliphatic rings. The lowest BCUT2D eigenvalue weighted by Gasteiger charge is -2.52. The van der Waals surface area contributed by atoms with Crippen LogP contribution < -0.4 is 0 Å². The van der Waals surface area contributed by atoms with Crippen LogP contribution in [-0.2, 0) is 9.53 Å². The van der Waals surface area contributed by atoms with Gasteiger partial charge < -0.3 is 4.74 Å². The minimum atomic E-state index is -0.708. The van der Waals surface area contributed by atoms with Crippen molar-refractivity contribution in [3.8, 4) is 0 Å². The summed E-state index contributed by atoms with van der Waals surface area (Å²) in [5.41, 5.74) is -0.832. The van der Waals surface area contributed by atoms with Crippen molar-refractivity contribution in [1.29, 1.82) is 0 Å². The van der Waals surface area contributed by atoms with Gasteiger partial charge in [0.25, 0.3) is 5.91 Å². The summed E-state index contributed by atoms with van der Waals surface area (Å²) < 4.78 is 6.28. The van der Waals surface area contributed by atoms with Gasteiger partial charge in [-0.25, -0.2) is 5.01 Å². The van der Waals surface area contributed by atoms with Gasteiger partial charge in [0.05, 0.1) is 12.1 Å². The fourth-order valence-corrected chi connectivity index (χ4v) is 3.63. The summed E-state index contributed by atoms with van der Waals surface area (Å²) in [5.74, 6) is 0.637. The molecular formula is C16H30N2O2. The molecule has 1 spiro atoms. The smallest absolute Gasteiger partial charge is 0.268 e. The molecule has 20 heavy (non-hydrogen) atoms. The first-order valence-corrected chi connectivity index (χ1v) is 7.99. The third-order valence-corrected chi connectivity index (χ3v) is 4.47. The monoisotopic (exact) mass is 282 g/mol. The van der Waals surface area contributed by atoms with Gasteiger partial charge in [0.15, 0.2) is 0 Å². The SMILES string of the molecule is CC(C)CN(C)N1CC2(CCCCC2)OC(C)(C)C1=O. The van der Waals surface area contributed by atoms with Gasteiger partial charge in [0.2, 0.25) is 0 Å². The third kappa shape index (κ3) is 3.17. The Bertz CT molecular complexity index is 359. The van der Waals surface area contributed by atoms with Gasteiger partial charge >= 0.3 is 0 Å². The van der Waals surface area contributed by atoms with Crippen molar-refractivity contribution in [2.45, 2.75) is 71.0 Å². The zero-order valence-electron chi connectivity index (χ0n) is 13.7. The summed E-state index contributed by atoms with van der Waals surface area (Å²) in [6.07, 6.45) is 5.88. The Morgan fingerprint density at radius 1 is 1.25 bits per heavy atom. The molecular weight excluding hydrogens is 252 g/mol. The lowest BCUT2D eigenvalue weighted by molar-refractivity contribution is -0.237. The number of hydrogen-bond acceptors (Lipinski definition) is 3. The molecule has 1 saturated carbocycles. The number of ether oxygens (including phenoxy) is 1. The topological polar surface area (TPSA) is 32.8 Å². The molecule has 1 saturated heterocycles. The van der Waals surface area contributed by atoms with Crippen LogP contribution in [0.4, 0.5) is 0 Å². The first-order chi connectivity index (χ1) is 9.26. The van der Waals surface area contributed by atoms with Crippen LogP contribution in [0, 0.1) is 5.92 Å². The molecule has 0 aromatic rings. The highest BCUT2D eigenvalue weighted by Gasteiger charge is 2.50. The number of carbonyl (C=O) groups excluding carboxylic acids is 1. The number of carbonyl (C=O) groups is 1. The minimum absolute atomic E-state index is 0.0943. The van der Waals surface area contributed by atoms with E-state index in [2.05, 4.69) is 18.9 Å². The third-order valence-electron chi connectivity index (χ3n) is 4.47. The zero-order valence-corrected chi connectivity index (χ0v) is 13.7. The van der Waals surface area contributed by atoms with Crippen LogP contribution in [0.2, 0.25) is 0 Å². The Morgan fingerprint density at radius 3 is 2.40 bits per heavy atom. The van der Waals surface area contributed by atoms with Gasteiger partial charge in [0.1, 0.15) is 5.60 Å². The van der Waals surface area contributed by atoms with Crippen LogP contribution in [-0.4, -0.2) is 47.3 Å². The van der Waals surface area contributed by atoms with E-state index in [9.17, 15) is 4.79 Å². The molecule has 0 N–H and O–H groups in total. The summed E-state index contributed by atoms with van der Waals surface area (Å²) in [7, 11) is 2.02. The summed E-state index contributed by atoms with van der Waals surface area (Å²) in [5, 5.41) is 4.03. The average molecular weight is 282 g/mol. The van der Waals surface area contributed by atoms with Crippen LogP contribution in [0.1, 0.15) is 59.8 Å². The average Bonchev–Trinajstić information content (AvgIpc) is 2.33. The van der Waals surface area contributed by atoms with Crippen molar-refractivity contribution in [1.82, 2.24) is 10.0 Å². The summed E-state index contributed by atoms with van der Waals surface area (Å²) in [4.78, 5) is 12.7. The van der Waals surface area contributed by atoms with Crippen molar-refractivity contribution in [3.63, 3.8) is 0 Å². The van der Waals surface area contributed by atoms with E-state index in [1.807, 2.05) is 25.9 Å². The Balaban J connectivity index is 2.19. The molecule has 116 valence electrons. The molecule has 0 radical (unpaired) electrons. The fraction of sp³-hybridized carbons (Fsp3) is 0.938. The number of morpholine rings is 1. The normalized spacial score (nSPS) is 25.8. The van der Waals surface area contributed by atoms with Crippen molar-refractivity contribution in [2.75, 3.05) is 20.1 Å². The van der Waals surface area contributed by atoms with Gasteiger partial charge in [-0.05, 0) is 32.6 Å². The second-order valence-electron chi connectivity index (χ2n) is 7.45. The van der Waals surface area contributed by atoms with E-state index in [4.69, 9.17) is 4.74 Å². The zero-order chi connectivity index (χ0) is 15.0. The Hall–Kier alpha value is -0.610. The van der Waals surface area contributed by atoms with Crippen LogP contribution in [0.5, 0.6) is 0 Å². The number of rotatable bonds is 3. The second kappa shape index (κ2) is 5.64. The molecule has 0 atom stereocenters. The number of nitrogens with zero attached hydrogens (tertiary/aromatic N) is 2. The van der Waals surface area contributed by atoms with E-state index < -0.39 is 5.60 Å². The van der Waals surface area contributed by atoms with Crippen molar-refractivity contribution in [3.05, 3.63) is 0 Å². The highest BCUT2D eigenvalue weighted by Crippen LogP contribution is 2.40. The molecule has 4 nitrogen and oxygen atoms in total.